The normalized spacial score (nSPS) is 16.3. The Labute approximate surface area is 175 Å². The molecule has 2 amide bonds. The smallest absolute Gasteiger partial charge is 0.248 e. The molecule has 0 bridgehead atoms. The molecule has 1 heterocycles. The Kier molecular flexibility index (Phi) is 7.19. The zero-order chi connectivity index (χ0) is 21.3. The molecule has 3 rings (SSSR count). The van der Waals surface area contributed by atoms with Gasteiger partial charge in [-0.15, -0.1) is 0 Å². The molecule has 0 radical (unpaired) electrons. The lowest BCUT2D eigenvalue weighted by Crippen LogP contribution is -2.39. The Morgan fingerprint density at radius 3 is 2.73 bits per heavy atom. The second-order valence-electron chi connectivity index (χ2n) is 7.03. The van der Waals surface area contributed by atoms with E-state index in [1.165, 1.54) is 6.08 Å². The van der Waals surface area contributed by atoms with E-state index in [0.717, 1.165) is 30.5 Å². The third-order valence-corrected chi connectivity index (χ3v) is 4.95. The first-order chi connectivity index (χ1) is 14.6. The summed E-state index contributed by atoms with van der Waals surface area (Å²) >= 11 is 0. The Bertz CT molecular complexity index is 963. The van der Waals surface area contributed by atoms with E-state index in [1.54, 1.807) is 18.2 Å². The third kappa shape index (κ3) is 5.69. The van der Waals surface area contributed by atoms with Crippen molar-refractivity contribution in [1.82, 2.24) is 4.90 Å². The molecule has 1 unspecified atom stereocenters. The summed E-state index contributed by atoms with van der Waals surface area (Å²) in [6.07, 6.45) is 4.87. The van der Waals surface area contributed by atoms with Gasteiger partial charge in [-0.25, -0.2) is 0 Å². The van der Waals surface area contributed by atoms with Gasteiger partial charge in [-0.3, -0.25) is 14.5 Å². The van der Waals surface area contributed by atoms with Crippen molar-refractivity contribution in [1.29, 1.82) is 5.26 Å². The van der Waals surface area contributed by atoms with E-state index < -0.39 is 0 Å². The van der Waals surface area contributed by atoms with Crippen LogP contribution in [-0.4, -0.2) is 35.9 Å². The number of anilines is 1. The van der Waals surface area contributed by atoms with Gasteiger partial charge >= 0.3 is 0 Å². The Morgan fingerprint density at radius 1 is 1.23 bits per heavy atom. The Hall–Kier alpha value is -3.63. The minimum absolute atomic E-state index is 0.00534. The number of primary amides is 1. The SMILES string of the molecule is N#CCOc1ccc(/C=C/C(=O)Nc2ccccc2CN2CCCC2C(N)=O)cc1. The quantitative estimate of drug-likeness (QED) is 0.658. The molecule has 0 aliphatic carbocycles. The summed E-state index contributed by atoms with van der Waals surface area (Å²) in [6.45, 7) is 1.36. The van der Waals surface area contributed by atoms with E-state index in [1.807, 2.05) is 42.5 Å². The number of para-hydroxylation sites is 1. The van der Waals surface area contributed by atoms with Crippen LogP contribution in [0.1, 0.15) is 24.0 Å². The van der Waals surface area contributed by atoms with E-state index in [9.17, 15) is 9.59 Å². The van der Waals surface area contributed by atoms with Crippen molar-refractivity contribution in [3.05, 3.63) is 65.7 Å². The second kappa shape index (κ2) is 10.2. The van der Waals surface area contributed by atoms with Gasteiger partial charge in [0.15, 0.2) is 6.61 Å². The molecule has 1 aliphatic heterocycles. The number of ether oxygens (including phenoxy) is 1. The highest BCUT2D eigenvalue weighted by molar-refractivity contribution is 6.02. The Morgan fingerprint density at radius 2 is 2.00 bits per heavy atom. The maximum absolute atomic E-state index is 12.4. The third-order valence-electron chi connectivity index (χ3n) is 4.95. The first-order valence-corrected chi connectivity index (χ1v) is 9.77. The van der Waals surface area contributed by atoms with Crippen LogP contribution in [0.4, 0.5) is 5.69 Å². The number of carbonyl (C=O) groups is 2. The highest BCUT2D eigenvalue weighted by atomic mass is 16.5. The molecule has 7 nitrogen and oxygen atoms in total. The van der Waals surface area contributed by atoms with Gasteiger partial charge in [-0.1, -0.05) is 30.3 Å². The molecular formula is C23H24N4O3. The number of benzene rings is 2. The van der Waals surface area contributed by atoms with Gasteiger partial charge in [-0.2, -0.15) is 5.26 Å². The lowest BCUT2D eigenvalue weighted by atomic mass is 10.1. The van der Waals surface area contributed by atoms with Gasteiger partial charge in [0.25, 0.3) is 0 Å². The topological polar surface area (TPSA) is 108 Å². The second-order valence-corrected chi connectivity index (χ2v) is 7.03. The fraction of sp³-hybridized carbons (Fsp3) is 0.261. The molecule has 30 heavy (non-hydrogen) atoms. The van der Waals surface area contributed by atoms with E-state index in [-0.39, 0.29) is 24.5 Å². The average Bonchev–Trinajstić information content (AvgIpc) is 3.21. The molecule has 3 N–H and O–H groups in total. The maximum Gasteiger partial charge on any atom is 0.248 e. The number of likely N-dealkylation sites (tertiary alicyclic amines) is 1. The van der Waals surface area contributed by atoms with Crippen LogP contribution in [0.25, 0.3) is 6.08 Å². The number of nitriles is 1. The fourth-order valence-corrected chi connectivity index (χ4v) is 3.47. The molecule has 154 valence electrons. The summed E-state index contributed by atoms with van der Waals surface area (Å²) in [5, 5.41) is 11.4. The van der Waals surface area contributed by atoms with Gasteiger partial charge in [0.1, 0.15) is 11.8 Å². The molecule has 2 aromatic carbocycles. The number of nitrogens with zero attached hydrogens (tertiary/aromatic N) is 2. The fourth-order valence-electron chi connectivity index (χ4n) is 3.47. The molecular weight excluding hydrogens is 380 g/mol. The minimum atomic E-state index is -0.305. The predicted octanol–water partition coefficient (Wildman–Crippen LogP) is 2.69. The van der Waals surface area contributed by atoms with Crippen LogP contribution >= 0.6 is 0 Å². The molecule has 1 saturated heterocycles. The standard InChI is InChI=1S/C23H24N4O3/c24-13-15-30-19-10-7-17(8-11-19)9-12-22(28)26-20-5-2-1-4-18(20)16-27-14-3-6-21(27)23(25)29/h1-2,4-5,7-12,21H,3,6,14-16H2,(H2,25,29)(H,26,28)/b12-9+. The van der Waals surface area contributed by atoms with Gasteiger partial charge in [0, 0.05) is 18.3 Å². The predicted molar refractivity (Wildman–Crippen MR) is 114 cm³/mol. The Balaban J connectivity index is 1.62. The summed E-state index contributed by atoms with van der Waals surface area (Å²) in [7, 11) is 0. The molecule has 0 aromatic heterocycles. The number of hydrogen-bond acceptors (Lipinski definition) is 5. The lowest BCUT2D eigenvalue weighted by Gasteiger charge is -2.23. The van der Waals surface area contributed by atoms with Crippen molar-refractivity contribution in [3.8, 4) is 11.8 Å². The number of nitrogens with one attached hydrogen (secondary N) is 1. The lowest BCUT2D eigenvalue weighted by molar-refractivity contribution is -0.122. The highest BCUT2D eigenvalue weighted by Gasteiger charge is 2.29. The van der Waals surface area contributed by atoms with Crippen molar-refractivity contribution in [3.63, 3.8) is 0 Å². The number of nitrogens with two attached hydrogens (primary N) is 1. The van der Waals surface area contributed by atoms with E-state index in [2.05, 4.69) is 10.2 Å². The number of rotatable bonds is 8. The molecule has 1 fully saturated rings. The van der Waals surface area contributed by atoms with Gasteiger partial charge in [0.2, 0.25) is 11.8 Å². The summed E-state index contributed by atoms with van der Waals surface area (Å²) in [6, 6.07) is 16.3. The average molecular weight is 404 g/mol. The van der Waals surface area contributed by atoms with Crippen molar-refractivity contribution >= 4 is 23.6 Å². The largest absolute Gasteiger partial charge is 0.479 e. The number of carbonyl (C=O) groups excluding carboxylic acids is 2. The maximum atomic E-state index is 12.4. The minimum Gasteiger partial charge on any atom is -0.479 e. The van der Waals surface area contributed by atoms with Gasteiger partial charge in [0.05, 0.1) is 6.04 Å². The summed E-state index contributed by atoms with van der Waals surface area (Å²) in [5.74, 6) is 0.0457. The molecule has 1 aliphatic rings. The van der Waals surface area contributed by atoms with Crippen molar-refractivity contribution < 1.29 is 14.3 Å². The van der Waals surface area contributed by atoms with Gasteiger partial charge in [-0.05, 0) is 54.8 Å². The van der Waals surface area contributed by atoms with Crippen LogP contribution in [0.15, 0.2) is 54.6 Å². The first-order valence-electron chi connectivity index (χ1n) is 9.77. The van der Waals surface area contributed by atoms with E-state index in [4.69, 9.17) is 15.7 Å². The number of amides is 2. The molecule has 7 heteroatoms. The van der Waals surface area contributed by atoms with Crippen LogP contribution in [0.2, 0.25) is 0 Å². The molecule has 0 spiro atoms. The monoisotopic (exact) mass is 404 g/mol. The number of hydrogen-bond donors (Lipinski definition) is 2. The highest BCUT2D eigenvalue weighted by Crippen LogP contribution is 2.24. The van der Waals surface area contributed by atoms with Crippen LogP contribution in [0.5, 0.6) is 5.75 Å². The van der Waals surface area contributed by atoms with Crippen LogP contribution in [0, 0.1) is 11.3 Å². The zero-order valence-electron chi connectivity index (χ0n) is 16.6. The first kappa shape index (κ1) is 21.1. The van der Waals surface area contributed by atoms with Crippen LogP contribution in [-0.2, 0) is 16.1 Å². The van der Waals surface area contributed by atoms with Crippen molar-refractivity contribution in [2.45, 2.75) is 25.4 Å². The molecule has 2 aromatic rings. The molecule has 1 atom stereocenters. The van der Waals surface area contributed by atoms with E-state index in [0.29, 0.717) is 18.0 Å². The molecule has 0 saturated carbocycles. The van der Waals surface area contributed by atoms with E-state index >= 15 is 0 Å². The van der Waals surface area contributed by atoms with Crippen molar-refractivity contribution in [2.24, 2.45) is 5.73 Å². The zero-order valence-corrected chi connectivity index (χ0v) is 16.6. The van der Waals surface area contributed by atoms with Crippen LogP contribution < -0.4 is 15.8 Å². The summed E-state index contributed by atoms with van der Waals surface area (Å²) in [4.78, 5) is 26.1. The van der Waals surface area contributed by atoms with Gasteiger partial charge < -0.3 is 15.8 Å². The summed E-state index contributed by atoms with van der Waals surface area (Å²) < 4.78 is 5.21. The van der Waals surface area contributed by atoms with Crippen LogP contribution in [0.3, 0.4) is 0 Å². The van der Waals surface area contributed by atoms with Crippen molar-refractivity contribution in [2.75, 3.05) is 18.5 Å². The summed E-state index contributed by atoms with van der Waals surface area (Å²) in [5.41, 5.74) is 7.99.